The molecule has 0 amide bonds. The summed E-state index contributed by atoms with van der Waals surface area (Å²) in [5.74, 6) is -0.695. The fourth-order valence-electron chi connectivity index (χ4n) is 4.98. The maximum Gasteiger partial charge on any atom is 0.335 e. The number of ether oxygens (including phenoxy) is 1. The second-order valence-corrected chi connectivity index (χ2v) is 11.9. The van der Waals surface area contributed by atoms with Crippen LogP contribution in [0.1, 0.15) is 63.9 Å². The largest absolute Gasteiger partial charge is 0.478 e. The van der Waals surface area contributed by atoms with Crippen LogP contribution in [0.2, 0.25) is 0 Å². The Morgan fingerprint density at radius 1 is 1.02 bits per heavy atom. The maximum atomic E-state index is 13.2. The average Bonchev–Trinajstić information content (AvgIpc) is 2.91. The van der Waals surface area contributed by atoms with Crippen molar-refractivity contribution in [2.45, 2.75) is 50.0 Å². The van der Waals surface area contributed by atoms with E-state index in [9.17, 15) is 18.3 Å². The molecule has 10 heteroatoms. The lowest BCUT2D eigenvalue weighted by atomic mass is 9.80. The van der Waals surface area contributed by atoms with Gasteiger partial charge in [0.25, 0.3) is 10.0 Å². The van der Waals surface area contributed by atoms with Gasteiger partial charge < -0.3 is 15.6 Å². The molecule has 1 atom stereocenters. The predicted molar refractivity (Wildman–Crippen MR) is 157 cm³/mol. The zero-order valence-electron chi connectivity index (χ0n) is 22.9. The average molecular weight is 573 g/mol. The van der Waals surface area contributed by atoms with Crippen LogP contribution in [0, 0.1) is 13.8 Å². The number of hydrogen-bond donors (Lipinski definition) is 3. The van der Waals surface area contributed by atoms with Crippen LogP contribution in [-0.4, -0.2) is 36.0 Å². The van der Waals surface area contributed by atoms with Crippen molar-refractivity contribution in [3.63, 3.8) is 0 Å². The van der Waals surface area contributed by atoms with Gasteiger partial charge in [0, 0.05) is 18.2 Å². The van der Waals surface area contributed by atoms with Gasteiger partial charge in [-0.1, -0.05) is 55.0 Å². The third-order valence-electron chi connectivity index (χ3n) is 7.42. The van der Waals surface area contributed by atoms with Gasteiger partial charge in [-0.3, -0.25) is 0 Å². The van der Waals surface area contributed by atoms with Crippen LogP contribution in [0.4, 0.5) is 5.95 Å². The predicted octanol–water partition coefficient (Wildman–Crippen LogP) is 5.61. The molecule has 0 spiro atoms. The molecule has 9 nitrogen and oxygen atoms in total. The van der Waals surface area contributed by atoms with Crippen LogP contribution in [0.5, 0.6) is 5.88 Å². The number of anilines is 1. The van der Waals surface area contributed by atoms with Gasteiger partial charge in [0.05, 0.1) is 16.2 Å². The smallest absolute Gasteiger partial charge is 0.335 e. The normalized spacial score (nSPS) is 14.2. The first-order valence-electron chi connectivity index (χ1n) is 13.4. The summed E-state index contributed by atoms with van der Waals surface area (Å²) in [4.78, 5) is 20.1. The number of nitrogens with two attached hydrogens (primary N) is 1. The van der Waals surface area contributed by atoms with E-state index >= 15 is 0 Å². The first kappa shape index (κ1) is 28.3. The number of rotatable bonds is 10. The molecule has 1 fully saturated rings. The minimum absolute atomic E-state index is 0.146. The topological polar surface area (TPSA) is 144 Å². The molecule has 1 aliphatic carbocycles. The van der Waals surface area contributed by atoms with E-state index in [2.05, 4.69) is 26.8 Å². The molecule has 1 aromatic heterocycles. The molecule has 0 radical (unpaired) electrons. The Kier molecular flexibility index (Phi) is 8.05. The standard InChI is InChI=1S/C31H32N4O5S/c1-19-6-3-7-20(2)29(19)26-17-28(40-27(18-32)23-14-12-22(13-15-23)21-8-4-9-21)34-31(33-26)35-41(38,39)25-11-5-10-24(16-25)30(36)37/h3,5-7,10-17,21,27H,4,8-9,18,32H2,1-2H3,(H,36,37)(H,33,34,35). The Balaban J connectivity index is 1.51. The van der Waals surface area contributed by atoms with Crippen LogP contribution < -0.4 is 15.2 Å². The molecule has 1 saturated carbocycles. The molecule has 1 aliphatic rings. The van der Waals surface area contributed by atoms with Gasteiger partial charge in [0.15, 0.2) is 0 Å². The third kappa shape index (κ3) is 6.23. The molecule has 3 aromatic carbocycles. The van der Waals surface area contributed by atoms with E-state index in [0.29, 0.717) is 11.6 Å². The van der Waals surface area contributed by atoms with Crippen molar-refractivity contribution in [3.05, 3.63) is 101 Å². The van der Waals surface area contributed by atoms with Crippen LogP contribution in [-0.2, 0) is 10.0 Å². The lowest BCUT2D eigenvalue weighted by molar-refractivity contribution is 0.0696. The minimum atomic E-state index is -4.22. The SMILES string of the molecule is Cc1cccc(C)c1-c1cc(OC(CN)c2ccc(C3CCC3)cc2)nc(NS(=O)(=O)c2cccc(C(=O)O)c2)n1. The van der Waals surface area contributed by atoms with Crippen LogP contribution >= 0.6 is 0 Å². The highest BCUT2D eigenvalue weighted by molar-refractivity contribution is 7.92. The number of hydrogen-bond acceptors (Lipinski definition) is 7. The number of carboxylic acids is 1. The third-order valence-corrected chi connectivity index (χ3v) is 8.74. The Morgan fingerprint density at radius 2 is 1.71 bits per heavy atom. The summed E-state index contributed by atoms with van der Waals surface area (Å²) in [6.45, 7) is 4.06. The molecule has 1 unspecified atom stereocenters. The monoisotopic (exact) mass is 572 g/mol. The van der Waals surface area contributed by atoms with Gasteiger partial charge in [-0.05, 0) is 73.1 Å². The van der Waals surface area contributed by atoms with E-state index in [1.54, 1.807) is 6.07 Å². The summed E-state index contributed by atoms with van der Waals surface area (Å²) < 4.78 is 35.1. The van der Waals surface area contributed by atoms with Crippen molar-refractivity contribution in [1.82, 2.24) is 9.97 Å². The van der Waals surface area contributed by atoms with Crippen molar-refractivity contribution < 1.29 is 23.1 Å². The van der Waals surface area contributed by atoms with E-state index in [-0.39, 0.29) is 28.8 Å². The second-order valence-electron chi connectivity index (χ2n) is 10.3. The van der Waals surface area contributed by atoms with Crippen LogP contribution in [0.25, 0.3) is 11.3 Å². The number of nitrogens with one attached hydrogen (secondary N) is 1. The molecule has 5 rings (SSSR count). The number of aryl methyl sites for hydroxylation is 2. The first-order chi connectivity index (χ1) is 19.6. The molecule has 1 heterocycles. The zero-order chi connectivity index (χ0) is 29.1. The van der Waals surface area contributed by atoms with Crippen molar-refractivity contribution >= 4 is 21.9 Å². The second kappa shape index (κ2) is 11.7. The van der Waals surface area contributed by atoms with E-state index in [4.69, 9.17) is 10.5 Å². The summed E-state index contributed by atoms with van der Waals surface area (Å²) >= 11 is 0. The summed E-state index contributed by atoms with van der Waals surface area (Å²) in [5, 5.41) is 9.31. The van der Waals surface area contributed by atoms with Gasteiger partial charge >= 0.3 is 5.97 Å². The van der Waals surface area contributed by atoms with Crippen molar-refractivity contribution in [2.75, 3.05) is 11.3 Å². The number of carboxylic acid groups (broad SMARTS) is 1. The van der Waals surface area contributed by atoms with Gasteiger partial charge in [-0.2, -0.15) is 4.98 Å². The lowest BCUT2D eigenvalue weighted by Crippen LogP contribution is -2.20. The lowest BCUT2D eigenvalue weighted by Gasteiger charge is -2.26. The van der Waals surface area contributed by atoms with E-state index in [1.807, 2.05) is 44.2 Å². The summed E-state index contributed by atoms with van der Waals surface area (Å²) in [5.41, 5.74) is 11.3. The molecule has 4 N–H and O–H groups in total. The Morgan fingerprint density at radius 3 is 2.32 bits per heavy atom. The number of aromatic nitrogens is 2. The van der Waals surface area contributed by atoms with E-state index in [0.717, 1.165) is 28.3 Å². The zero-order valence-corrected chi connectivity index (χ0v) is 23.7. The van der Waals surface area contributed by atoms with Gasteiger partial charge in [0.2, 0.25) is 11.8 Å². The van der Waals surface area contributed by atoms with Gasteiger partial charge in [-0.15, -0.1) is 0 Å². The fourth-order valence-corrected chi connectivity index (χ4v) is 5.96. The highest BCUT2D eigenvalue weighted by atomic mass is 32.2. The molecule has 0 saturated heterocycles. The molecular weight excluding hydrogens is 540 g/mol. The highest BCUT2D eigenvalue weighted by Gasteiger charge is 2.23. The molecule has 0 bridgehead atoms. The summed E-state index contributed by atoms with van der Waals surface area (Å²) in [6, 6.07) is 20.8. The molecule has 41 heavy (non-hydrogen) atoms. The van der Waals surface area contributed by atoms with Crippen molar-refractivity contribution in [1.29, 1.82) is 0 Å². The first-order valence-corrected chi connectivity index (χ1v) is 14.9. The molecule has 4 aromatic rings. The van der Waals surface area contributed by atoms with E-state index < -0.39 is 22.1 Å². The number of aromatic carboxylic acids is 1. The number of nitrogens with zero attached hydrogens (tertiary/aromatic N) is 2. The number of benzene rings is 3. The van der Waals surface area contributed by atoms with Crippen molar-refractivity contribution in [3.8, 4) is 17.1 Å². The maximum absolute atomic E-state index is 13.2. The Labute approximate surface area is 239 Å². The summed E-state index contributed by atoms with van der Waals surface area (Å²) in [7, 11) is -4.22. The quantitative estimate of drug-likeness (QED) is 0.223. The Bertz CT molecular complexity index is 1670. The fraction of sp³-hybridized carbons (Fsp3) is 0.258. The summed E-state index contributed by atoms with van der Waals surface area (Å²) in [6.07, 6.45) is 3.14. The number of carbonyl (C=O) groups is 1. The molecule has 0 aliphatic heterocycles. The molecular formula is C31H32N4O5S. The van der Waals surface area contributed by atoms with E-state index in [1.165, 1.54) is 43.0 Å². The van der Waals surface area contributed by atoms with Crippen LogP contribution in [0.15, 0.2) is 77.7 Å². The molecule has 212 valence electrons. The Hall–Kier alpha value is -4.28. The minimum Gasteiger partial charge on any atom is -0.478 e. The van der Waals surface area contributed by atoms with Gasteiger partial charge in [0.1, 0.15) is 6.10 Å². The van der Waals surface area contributed by atoms with Crippen LogP contribution in [0.3, 0.4) is 0 Å². The highest BCUT2D eigenvalue weighted by Crippen LogP contribution is 2.37. The van der Waals surface area contributed by atoms with Gasteiger partial charge in [-0.25, -0.2) is 22.9 Å². The van der Waals surface area contributed by atoms with Crippen molar-refractivity contribution in [2.24, 2.45) is 5.73 Å². The number of sulfonamides is 1.